The summed E-state index contributed by atoms with van der Waals surface area (Å²) in [5.41, 5.74) is 0.551. The summed E-state index contributed by atoms with van der Waals surface area (Å²) in [4.78, 5) is 0. The first-order valence-corrected chi connectivity index (χ1v) is 9.36. The lowest BCUT2D eigenvalue weighted by atomic mass is 9.68. The van der Waals surface area contributed by atoms with Crippen LogP contribution < -0.4 is 0 Å². The summed E-state index contributed by atoms with van der Waals surface area (Å²) in [6, 6.07) is 2.25. The van der Waals surface area contributed by atoms with Gasteiger partial charge in [-0.05, 0) is 92.7 Å². The number of halogens is 5. The van der Waals surface area contributed by atoms with Crippen LogP contribution in [-0.2, 0) is 0 Å². The molecule has 1 aromatic rings. The molecule has 0 N–H and O–H groups in total. The van der Waals surface area contributed by atoms with E-state index in [0.29, 0.717) is 17.4 Å². The fraction of sp³-hybridized carbons (Fsp3) is 0.700. The first kappa shape index (κ1) is 18.7. The highest BCUT2D eigenvalue weighted by molar-refractivity contribution is 5.23. The van der Waals surface area contributed by atoms with Crippen molar-refractivity contribution in [2.24, 2.45) is 17.8 Å². The Balaban J connectivity index is 1.51. The van der Waals surface area contributed by atoms with E-state index in [1.54, 1.807) is 0 Å². The van der Waals surface area contributed by atoms with Gasteiger partial charge in [0.1, 0.15) is 0 Å². The lowest BCUT2D eigenvalue weighted by molar-refractivity contribution is 0.0857. The van der Waals surface area contributed by atoms with Crippen molar-refractivity contribution in [3.63, 3.8) is 0 Å². The predicted octanol–water partition coefficient (Wildman–Crippen LogP) is 6.84. The molecule has 2 fully saturated rings. The van der Waals surface area contributed by atoms with E-state index in [-0.39, 0.29) is 18.3 Å². The van der Waals surface area contributed by atoms with Crippen molar-refractivity contribution in [3.05, 3.63) is 35.1 Å². The molecule has 0 unspecified atom stereocenters. The SMILES string of the molecule is Fc1cc(C2CCC(C3CCC(CC(F)F)CC3)CC2)cc(F)c1F. The summed E-state index contributed by atoms with van der Waals surface area (Å²) < 4.78 is 64.9. The Morgan fingerprint density at radius 1 is 0.760 bits per heavy atom. The van der Waals surface area contributed by atoms with Gasteiger partial charge in [-0.25, -0.2) is 22.0 Å². The third-order valence-electron chi connectivity index (χ3n) is 6.32. The molecule has 1 aromatic carbocycles. The summed E-state index contributed by atoms with van der Waals surface area (Å²) >= 11 is 0. The summed E-state index contributed by atoms with van der Waals surface area (Å²) in [5, 5.41) is 0. The Hall–Kier alpha value is -1.13. The summed E-state index contributed by atoms with van der Waals surface area (Å²) in [6.07, 6.45) is 5.35. The molecule has 140 valence electrons. The Morgan fingerprint density at radius 2 is 1.24 bits per heavy atom. The number of benzene rings is 1. The van der Waals surface area contributed by atoms with Gasteiger partial charge in [0.15, 0.2) is 17.5 Å². The lowest BCUT2D eigenvalue weighted by Crippen LogP contribution is -2.26. The molecule has 0 aliphatic heterocycles. The van der Waals surface area contributed by atoms with Crippen LogP contribution in [0.15, 0.2) is 12.1 Å². The Kier molecular flexibility index (Phi) is 6.00. The van der Waals surface area contributed by atoms with Crippen molar-refractivity contribution in [2.75, 3.05) is 0 Å². The van der Waals surface area contributed by atoms with Crippen molar-refractivity contribution in [1.82, 2.24) is 0 Å². The molecular formula is C20H25F5. The van der Waals surface area contributed by atoms with Crippen LogP contribution in [-0.4, -0.2) is 6.43 Å². The molecule has 2 aliphatic carbocycles. The van der Waals surface area contributed by atoms with Crippen LogP contribution in [0.5, 0.6) is 0 Å². The van der Waals surface area contributed by atoms with E-state index in [9.17, 15) is 22.0 Å². The molecule has 0 nitrogen and oxygen atoms in total. The van der Waals surface area contributed by atoms with Crippen LogP contribution in [0, 0.1) is 35.2 Å². The molecule has 5 heteroatoms. The highest BCUT2D eigenvalue weighted by atomic mass is 19.3. The average Bonchev–Trinajstić information content (AvgIpc) is 2.59. The second-order valence-corrected chi connectivity index (χ2v) is 7.82. The fourth-order valence-electron chi connectivity index (χ4n) is 4.88. The van der Waals surface area contributed by atoms with Gasteiger partial charge in [-0.3, -0.25) is 0 Å². The van der Waals surface area contributed by atoms with Gasteiger partial charge in [0.2, 0.25) is 6.43 Å². The summed E-state index contributed by atoms with van der Waals surface area (Å²) in [7, 11) is 0. The molecule has 0 spiro atoms. The van der Waals surface area contributed by atoms with Crippen molar-refractivity contribution in [3.8, 4) is 0 Å². The average molecular weight is 360 g/mol. The molecule has 0 saturated heterocycles. The second kappa shape index (κ2) is 8.05. The Bertz CT molecular complexity index is 546. The van der Waals surface area contributed by atoms with Gasteiger partial charge >= 0.3 is 0 Å². The van der Waals surface area contributed by atoms with E-state index in [0.717, 1.165) is 63.5 Å². The molecule has 0 amide bonds. The van der Waals surface area contributed by atoms with Gasteiger partial charge in [-0.1, -0.05) is 0 Å². The highest BCUT2D eigenvalue weighted by Gasteiger charge is 2.32. The van der Waals surface area contributed by atoms with E-state index >= 15 is 0 Å². The zero-order chi connectivity index (χ0) is 18.0. The molecular weight excluding hydrogens is 335 g/mol. The minimum absolute atomic E-state index is 0.0289. The summed E-state index contributed by atoms with van der Waals surface area (Å²) in [6.45, 7) is 0. The lowest BCUT2D eigenvalue weighted by Gasteiger charge is -2.38. The fourth-order valence-corrected chi connectivity index (χ4v) is 4.88. The van der Waals surface area contributed by atoms with E-state index < -0.39 is 23.9 Å². The number of hydrogen-bond donors (Lipinski definition) is 0. The van der Waals surface area contributed by atoms with Crippen molar-refractivity contribution >= 4 is 0 Å². The first-order chi connectivity index (χ1) is 11.9. The topological polar surface area (TPSA) is 0 Å². The van der Waals surface area contributed by atoms with Gasteiger partial charge in [0, 0.05) is 6.42 Å². The maximum absolute atomic E-state index is 13.4. The van der Waals surface area contributed by atoms with Crippen LogP contribution in [0.1, 0.15) is 69.3 Å². The number of hydrogen-bond acceptors (Lipinski definition) is 0. The molecule has 0 atom stereocenters. The van der Waals surface area contributed by atoms with E-state index in [2.05, 4.69) is 0 Å². The minimum Gasteiger partial charge on any atom is -0.211 e. The quantitative estimate of drug-likeness (QED) is 0.407. The summed E-state index contributed by atoms with van der Waals surface area (Å²) in [5.74, 6) is -2.22. The van der Waals surface area contributed by atoms with Gasteiger partial charge < -0.3 is 0 Å². The zero-order valence-corrected chi connectivity index (χ0v) is 14.3. The Morgan fingerprint density at radius 3 is 1.72 bits per heavy atom. The standard InChI is InChI=1S/C20H25F5/c21-17-10-16(11-18(22)20(17)25)15-7-5-14(6-8-15)13-3-1-12(2-4-13)9-19(23)24/h10-15,19H,1-9H2. The van der Waals surface area contributed by atoms with E-state index in [1.807, 2.05) is 0 Å². The van der Waals surface area contributed by atoms with Gasteiger partial charge in [-0.15, -0.1) is 0 Å². The maximum Gasteiger partial charge on any atom is 0.238 e. The molecule has 2 saturated carbocycles. The van der Waals surface area contributed by atoms with Crippen LogP contribution in [0.25, 0.3) is 0 Å². The number of rotatable bonds is 4. The minimum atomic E-state index is -2.20. The maximum atomic E-state index is 13.4. The third kappa shape index (κ3) is 4.53. The monoisotopic (exact) mass is 360 g/mol. The highest BCUT2D eigenvalue weighted by Crippen LogP contribution is 2.44. The van der Waals surface area contributed by atoms with Gasteiger partial charge in [0.05, 0.1) is 0 Å². The van der Waals surface area contributed by atoms with Gasteiger partial charge in [0.25, 0.3) is 0 Å². The second-order valence-electron chi connectivity index (χ2n) is 7.82. The molecule has 0 radical (unpaired) electrons. The van der Waals surface area contributed by atoms with Crippen molar-refractivity contribution in [2.45, 2.75) is 70.1 Å². The normalized spacial score (nSPS) is 30.6. The largest absolute Gasteiger partial charge is 0.238 e. The van der Waals surface area contributed by atoms with Crippen LogP contribution >= 0.6 is 0 Å². The number of alkyl halides is 2. The van der Waals surface area contributed by atoms with Crippen molar-refractivity contribution < 1.29 is 22.0 Å². The van der Waals surface area contributed by atoms with E-state index in [1.165, 1.54) is 0 Å². The van der Waals surface area contributed by atoms with Gasteiger partial charge in [-0.2, -0.15) is 0 Å². The predicted molar refractivity (Wildman–Crippen MR) is 87.1 cm³/mol. The zero-order valence-electron chi connectivity index (χ0n) is 14.3. The molecule has 3 rings (SSSR count). The van der Waals surface area contributed by atoms with Crippen LogP contribution in [0.4, 0.5) is 22.0 Å². The van der Waals surface area contributed by atoms with Crippen LogP contribution in [0.2, 0.25) is 0 Å². The third-order valence-corrected chi connectivity index (χ3v) is 6.32. The smallest absolute Gasteiger partial charge is 0.211 e. The molecule has 2 aliphatic rings. The molecule has 0 heterocycles. The Labute approximate surface area is 145 Å². The molecule has 0 aromatic heterocycles. The first-order valence-electron chi connectivity index (χ1n) is 9.36. The van der Waals surface area contributed by atoms with E-state index in [4.69, 9.17) is 0 Å². The molecule has 0 bridgehead atoms. The molecule has 25 heavy (non-hydrogen) atoms. The van der Waals surface area contributed by atoms with Crippen LogP contribution in [0.3, 0.4) is 0 Å². The van der Waals surface area contributed by atoms with Crippen molar-refractivity contribution in [1.29, 1.82) is 0 Å².